The van der Waals surface area contributed by atoms with E-state index >= 15 is 0 Å². The van der Waals surface area contributed by atoms with Crippen molar-refractivity contribution in [3.8, 4) is 5.75 Å². The average molecular weight is 448 g/mol. The van der Waals surface area contributed by atoms with Crippen LogP contribution in [0.3, 0.4) is 0 Å². The number of H-pyrrole nitrogens is 1. The van der Waals surface area contributed by atoms with E-state index in [-0.39, 0.29) is 11.5 Å². The molecule has 2 aromatic heterocycles. The topological polar surface area (TPSA) is 122 Å². The number of nitrogen functional groups attached to an aromatic ring is 1. The van der Waals surface area contributed by atoms with Gasteiger partial charge in [-0.05, 0) is 62.8 Å². The molecular weight excluding hydrogens is 418 g/mol. The zero-order valence-corrected chi connectivity index (χ0v) is 19.4. The molecule has 4 aromatic rings. The number of aromatic nitrogens is 4. The van der Waals surface area contributed by atoms with E-state index < -0.39 is 0 Å². The Balaban J connectivity index is 1.57. The van der Waals surface area contributed by atoms with Gasteiger partial charge in [0, 0.05) is 17.6 Å². The molecule has 172 valence electrons. The Kier molecular flexibility index (Phi) is 6.41. The third kappa shape index (κ3) is 4.88. The molecule has 0 unspecified atom stereocenters. The minimum Gasteiger partial charge on any atom is -0.492 e. The average Bonchev–Trinajstić information content (AvgIpc) is 2.78. The Labute approximate surface area is 192 Å². The molecule has 0 spiro atoms. The molecule has 0 aliphatic rings. The Hall–Kier alpha value is -3.72. The van der Waals surface area contributed by atoms with Crippen molar-refractivity contribution in [2.75, 3.05) is 37.3 Å². The summed E-state index contributed by atoms with van der Waals surface area (Å²) in [4.78, 5) is 31.2. The van der Waals surface area contributed by atoms with Crippen molar-refractivity contribution in [1.82, 2.24) is 24.8 Å². The molecule has 0 amide bonds. The third-order valence-electron chi connectivity index (χ3n) is 5.68. The molecule has 2 aromatic carbocycles. The van der Waals surface area contributed by atoms with Gasteiger partial charge in [-0.25, -0.2) is 15.0 Å². The normalized spacial score (nSPS) is 11.4. The number of fused-ring (bicyclic) bond motifs is 2. The van der Waals surface area contributed by atoms with Crippen LogP contribution in [-0.2, 0) is 0 Å². The zero-order valence-electron chi connectivity index (χ0n) is 19.4. The fourth-order valence-electron chi connectivity index (χ4n) is 3.85. The molecule has 0 saturated carbocycles. The Bertz CT molecular complexity index is 1360. The summed E-state index contributed by atoms with van der Waals surface area (Å²) in [5.41, 5.74) is 9.08. The summed E-state index contributed by atoms with van der Waals surface area (Å²) in [6.45, 7) is 11.6. The summed E-state index contributed by atoms with van der Waals surface area (Å²) in [6.07, 6.45) is 0. The van der Waals surface area contributed by atoms with Gasteiger partial charge in [-0.3, -0.25) is 15.1 Å². The molecule has 0 saturated heterocycles. The molecular formula is C24H29N7O2. The summed E-state index contributed by atoms with van der Waals surface area (Å²) in [7, 11) is 0. The van der Waals surface area contributed by atoms with E-state index in [0.717, 1.165) is 47.5 Å². The fourth-order valence-corrected chi connectivity index (χ4v) is 3.85. The number of rotatable bonds is 8. The van der Waals surface area contributed by atoms with Gasteiger partial charge in [0.1, 0.15) is 12.4 Å². The van der Waals surface area contributed by atoms with Crippen molar-refractivity contribution in [2.24, 2.45) is 0 Å². The molecule has 33 heavy (non-hydrogen) atoms. The van der Waals surface area contributed by atoms with E-state index in [4.69, 9.17) is 10.5 Å². The summed E-state index contributed by atoms with van der Waals surface area (Å²) < 4.78 is 5.93. The van der Waals surface area contributed by atoms with Crippen LogP contribution in [0, 0.1) is 13.8 Å². The highest BCUT2D eigenvalue weighted by atomic mass is 16.5. The van der Waals surface area contributed by atoms with E-state index in [1.165, 1.54) is 0 Å². The number of aryl methyl sites for hydroxylation is 2. The first kappa shape index (κ1) is 22.5. The fraction of sp³-hybridized carbons (Fsp3) is 0.333. The lowest BCUT2D eigenvalue weighted by atomic mass is 10.1. The van der Waals surface area contributed by atoms with Gasteiger partial charge in [0.15, 0.2) is 0 Å². The van der Waals surface area contributed by atoms with Gasteiger partial charge in [0.25, 0.3) is 5.56 Å². The van der Waals surface area contributed by atoms with E-state index in [1.807, 2.05) is 32.0 Å². The number of likely N-dealkylation sites (N-methyl/N-ethyl adjacent to an activating group) is 1. The van der Waals surface area contributed by atoms with E-state index in [9.17, 15) is 4.79 Å². The highest BCUT2D eigenvalue weighted by Gasteiger charge is 2.11. The number of hydrogen-bond acceptors (Lipinski definition) is 8. The highest BCUT2D eigenvalue weighted by Crippen LogP contribution is 2.24. The predicted octanol–water partition coefficient (Wildman–Crippen LogP) is 3.53. The van der Waals surface area contributed by atoms with Crippen LogP contribution in [0.15, 0.2) is 35.1 Å². The Morgan fingerprint density at radius 1 is 1.06 bits per heavy atom. The van der Waals surface area contributed by atoms with Crippen molar-refractivity contribution < 1.29 is 4.74 Å². The van der Waals surface area contributed by atoms with Gasteiger partial charge in [-0.15, -0.1) is 0 Å². The Morgan fingerprint density at radius 3 is 2.61 bits per heavy atom. The number of nitrogens with zero attached hydrogens (tertiary/aromatic N) is 4. The maximum atomic E-state index is 12.5. The summed E-state index contributed by atoms with van der Waals surface area (Å²) in [5.74, 6) is 1.42. The lowest BCUT2D eigenvalue weighted by molar-refractivity contribution is 0.223. The second-order valence-electron chi connectivity index (χ2n) is 7.96. The maximum Gasteiger partial charge on any atom is 0.260 e. The number of hydrogen-bond donors (Lipinski definition) is 3. The van der Waals surface area contributed by atoms with Crippen molar-refractivity contribution in [3.63, 3.8) is 0 Å². The second kappa shape index (κ2) is 9.41. The second-order valence-corrected chi connectivity index (χ2v) is 7.96. The van der Waals surface area contributed by atoms with Crippen LogP contribution in [0.25, 0.3) is 21.8 Å². The number of nitrogens with two attached hydrogens (primary N) is 1. The molecule has 0 atom stereocenters. The number of ether oxygens (including phenoxy) is 1. The first-order chi connectivity index (χ1) is 15.9. The van der Waals surface area contributed by atoms with Crippen LogP contribution < -0.4 is 21.3 Å². The minimum absolute atomic E-state index is 0.274. The number of nitrogens with one attached hydrogen (secondary N) is 2. The van der Waals surface area contributed by atoms with Crippen LogP contribution in [0.1, 0.15) is 25.1 Å². The van der Waals surface area contributed by atoms with Crippen molar-refractivity contribution >= 4 is 39.4 Å². The number of aromatic amines is 1. The van der Waals surface area contributed by atoms with Gasteiger partial charge >= 0.3 is 0 Å². The van der Waals surface area contributed by atoms with Gasteiger partial charge in [0.2, 0.25) is 11.9 Å². The molecule has 4 rings (SSSR count). The number of benzene rings is 2. The third-order valence-corrected chi connectivity index (χ3v) is 5.68. The molecule has 0 aliphatic heterocycles. The maximum absolute atomic E-state index is 12.5. The van der Waals surface area contributed by atoms with Crippen molar-refractivity contribution in [1.29, 1.82) is 0 Å². The number of anilines is 3. The first-order valence-electron chi connectivity index (χ1n) is 11.1. The minimum atomic E-state index is -0.276. The standard InChI is InChI=1S/C24H29N7O2/c1-5-31(6-2)9-10-33-17-7-8-20-18(13-17)15(4)26-23(27-20)30-24-28-21-14(3)11-16(25)12-19(21)22(32)29-24/h7-8,11-13H,5-6,9-10,25H2,1-4H3,(H2,26,27,28,29,30,32). The smallest absolute Gasteiger partial charge is 0.260 e. The predicted molar refractivity (Wildman–Crippen MR) is 132 cm³/mol. The molecule has 9 heteroatoms. The van der Waals surface area contributed by atoms with Gasteiger partial charge in [-0.1, -0.05) is 13.8 Å². The van der Waals surface area contributed by atoms with E-state index in [0.29, 0.717) is 29.1 Å². The van der Waals surface area contributed by atoms with E-state index in [1.54, 1.807) is 12.1 Å². The zero-order chi connectivity index (χ0) is 23.5. The highest BCUT2D eigenvalue weighted by molar-refractivity contribution is 5.86. The quantitative estimate of drug-likeness (QED) is 0.351. The van der Waals surface area contributed by atoms with Crippen LogP contribution in [0.5, 0.6) is 5.75 Å². The van der Waals surface area contributed by atoms with Gasteiger partial charge in [0.05, 0.1) is 22.1 Å². The molecule has 0 aliphatic carbocycles. The molecule has 0 radical (unpaired) electrons. The van der Waals surface area contributed by atoms with Crippen molar-refractivity contribution in [2.45, 2.75) is 27.7 Å². The Morgan fingerprint density at radius 2 is 1.85 bits per heavy atom. The molecule has 0 bridgehead atoms. The summed E-state index contributed by atoms with van der Waals surface area (Å²) in [6, 6.07) is 9.18. The van der Waals surface area contributed by atoms with E-state index in [2.05, 4.69) is 44.0 Å². The van der Waals surface area contributed by atoms with Gasteiger partial charge in [-0.2, -0.15) is 0 Å². The SMILES string of the molecule is CCN(CC)CCOc1ccc2nc(Nc3nc4c(C)cc(N)cc4c(=O)[nH]3)nc(C)c2c1. The summed E-state index contributed by atoms with van der Waals surface area (Å²) >= 11 is 0. The molecule has 2 heterocycles. The van der Waals surface area contributed by atoms with Crippen LogP contribution in [-0.4, -0.2) is 51.1 Å². The molecule has 4 N–H and O–H groups in total. The lowest BCUT2D eigenvalue weighted by Gasteiger charge is -2.18. The largest absolute Gasteiger partial charge is 0.492 e. The monoisotopic (exact) mass is 447 g/mol. The van der Waals surface area contributed by atoms with Crippen LogP contribution >= 0.6 is 0 Å². The van der Waals surface area contributed by atoms with Crippen molar-refractivity contribution in [3.05, 3.63) is 51.9 Å². The molecule has 0 fully saturated rings. The van der Waals surface area contributed by atoms with Crippen LogP contribution in [0.4, 0.5) is 17.6 Å². The lowest BCUT2D eigenvalue weighted by Crippen LogP contribution is -2.27. The van der Waals surface area contributed by atoms with Gasteiger partial charge < -0.3 is 15.4 Å². The molecule has 9 nitrogen and oxygen atoms in total. The summed E-state index contributed by atoms with van der Waals surface area (Å²) in [5, 5.41) is 4.38. The van der Waals surface area contributed by atoms with Crippen LogP contribution in [0.2, 0.25) is 0 Å². The first-order valence-corrected chi connectivity index (χ1v) is 11.1.